The van der Waals surface area contributed by atoms with Crippen LogP contribution in [0.25, 0.3) is 5.69 Å². The van der Waals surface area contributed by atoms with Crippen LogP contribution in [0, 0.1) is 5.82 Å². The Morgan fingerprint density at radius 2 is 2.10 bits per heavy atom. The second-order valence-electron chi connectivity index (χ2n) is 4.45. The molecule has 1 heterocycles. The molecule has 112 valence electrons. The maximum Gasteiger partial charge on any atom is 0.340 e. The van der Waals surface area contributed by atoms with Gasteiger partial charge in [-0.1, -0.05) is 13.8 Å². The Morgan fingerprint density at radius 3 is 2.67 bits per heavy atom. The average Bonchev–Trinajstić information content (AvgIpc) is 2.89. The van der Waals surface area contributed by atoms with Crippen LogP contribution in [0.4, 0.5) is 10.1 Å². The van der Waals surface area contributed by atoms with Crippen LogP contribution < -0.4 is 5.73 Å². The number of halogens is 1. The summed E-state index contributed by atoms with van der Waals surface area (Å²) in [5, 5.41) is 4.26. The van der Waals surface area contributed by atoms with E-state index in [1.807, 2.05) is 13.8 Å². The number of methoxy groups -OCH3 is 1. The molecule has 1 aromatic carbocycles. The second-order valence-corrected chi connectivity index (χ2v) is 4.45. The molecule has 1 aromatic heterocycles. The van der Waals surface area contributed by atoms with Crippen molar-refractivity contribution in [3.63, 3.8) is 0 Å². The smallest absolute Gasteiger partial charge is 0.340 e. The monoisotopic (exact) mass is 292 g/mol. The van der Waals surface area contributed by atoms with E-state index < -0.39 is 11.8 Å². The number of benzene rings is 1. The summed E-state index contributed by atoms with van der Waals surface area (Å²) in [7, 11) is 1.24. The first kappa shape index (κ1) is 15.0. The molecular weight excluding hydrogens is 275 g/mol. The third-order valence-corrected chi connectivity index (χ3v) is 3.10. The highest BCUT2D eigenvalue weighted by Crippen LogP contribution is 2.23. The Hall–Kier alpha value is -2.44. The minimum atomic E-state index is -0.623. The van der Waals surface area contributed by atoms with Gasteiger partial charge in [-0.25, -0.2) is 18.9 Å². The number of nitrogens with zero attached hydrogens (tertiary/aromatic N) is 3. The van der Waals surface area contributed by atoms with E-state index in [2.05, 4.69) is 14.8 Å². The van der Waals surface area contributed by atoms with E-state index in [4.69, 9.17) is 5.73 Å². The first-order chi connectivity index (χ1) is 10.0. The van der Waals surface area contributed by atoms with Gasteiger partial charge in [0.2, 0.25) is 0 Å². The fourth-order valence-electron chi connectivity index (χ4n) is 1.99. The van der Waals surface area contributed by atoms with Crippen LogP contribution in [0.2, 0.25) is 0 Å². The number of nitrogen functional groups attached to an aromatic ring is 1. The molecule has 7 heteroatoms. The quantitative estimate of drug-likeness (QED) is 0.687. The Morgan fingerprint density at radius 1 is 1.38 bits per heavy atom. The van der Waals surface area contributed by atoms with Gasteiger partial charge in [0.25, 0.3) is 0 Å². The van der Waals surface area contributed by atoms with Crippen molar-refractivity contribution in [2.24, 2.45) is 0 Å². The van der Waals surface area contributed by atoms with Gasteiger partial charge in [-0.2, -0.15) is 5.10 Å². The molecule has 2 N–H and O–H groups in total. The highest BCUT2D eigenvalue weighted by molar-refractivity contribution is 5.95. The van der Waals surface area contributed by atoms with Crippen molar-refractivity contribution in [3.05, 3.63) is 35.2 Å². The SMILES string of the molecule is CCc1nc(CC)n(-c2cc(C(=O)OC)c(N)cc2F)n1. The van der Waals surface area contributed by atoms with E-state index in [9.17, 15) is 9.18 Å². The summed E-state index contributed by atoms with van der Waals surface area (Å²) < 4.78 is 20.2. The van der Waals surface area contributed by atoms with Gasteiger partial charge in [0.05, 0.1) is 12.7 Å². The van der Waals surface area contributed by atoms with Gasteiger partial charge >= 0.3 is 5.97 Å². The van der Waals surface area contributed by atoms with Gasteiger partial charge < -0.3 is 10.5 Å². The molecule has 0 amide bonds. The van der Waals surface area contributed by atoms with Crippen LogP contribution in [0.15, 0.2) is 12.1 Å². The van der Waals surface area contributed by atoms with Crippen LogP contribution in [0.3, 0.4) is 0 Å². The Kier molecular flexibility index (Phi) is 4.21. The van der Waals surface area contributed by atoms with Crippen molar-refractivity contribution in [2.75, 3.05) is 12.8 Å². The highest BCUT2D eigenvalue weighted by atomic mass is 19.1. The van der Waals surface area contributed by atoms with Crippen LogP contribution in [0.5, 0.6) is 0 Å². The number of rotatable bonds is 4. The molecule has 2 rings (SSSR count). The summed E-state index contributed by atoms with van der Waals surface area (Å²) in [5.74, 6) is 0.0408. The zero-order chi connectivity index (χ0) is 15.6. The highest BCUT2D eigenvalue weighted by Gasteiger charge is 2.18. The number of nitrogens with two attached hydrogens (primary N) is 1. The lowest BCUT2D eigenvalue weighted by Gasteiger charge is -2.10. The molecule has 0 unspecified atom stereocenters. The molecule has 0 atom stereocenters. The largest absolute Gasteiger partial charge is 0.465 e. The summed E-state index contributed by atoms with van der Waals surface area (Å²) in [6, 6.07) is 2.43. The molecule has 0 aliphatic carbocycles. The number of anilines is 1. The summed E-state index contributed by atoms with van der Waals surface area (Å²) >= 11 is 0. The number of aromatic nitrogens is 3. The fraction of sp³-hybridized carbons (Fsp3) is 0.357. The molecule has 0 saturated carbocycles. The lowest BCUT2D eigenvalue weighted by molar-refractivity contribution is 0.0602. The van der Waals surface area contributed by atoms with Crippen molar-refractivity contribution in [1.82, 2.24) is 14.8 Å². The van der Waals surface area contributed by atoms with Gasteiger partial charge in [-0.15, -0.1) is 0 Å². The Bertz CT molecular complexity index is 682. The number of carbonyl (C=O) groups excluding carboxylic acids is 1. The summed E-state index contributed by atoms with van der Waals surface area (Å²) in [4.78, 5) is 16.0. The third kappa shape index (κ3) is 2.72. The first-order valence-corrected chi connectivity index (χ1v) is 6.64. The number of hydrogen-bond donors (Lipinski definition) is 1. The van der Waals surface area contributed by atoms with Gasteiger partial charge in [-0.3, -0.25) is 0 Å². The lowest BCUT2D eigenvalue weighted by Crippen LogP contribution is -2.11. The summed E-state index contributed by atoms with van der Waals surface area (Å²) in [6.45, 7) is 3.81. The van der Waals surface area contributed by atoms with E-state index in [1.54, 1.807) is 0 Å². The molecule has 0 radical (unpaired) electrons. The van der Waals surface area contributed by atoms with Crippen molar-refractivity contribution >= 4 is 11.7 Å². The number of aryl methyl sites for hydroxylation is 2. The van der Waals surface area contributed by atoms with Crippen molar-refractivity contribution in [1.29, 1.82) is 0 Å². The number of hydrogen-bond acceptors (Lipinski definition) is 5. The minimum absolute atomic E-state index is 0.0250. The van der Waals surface area contributed by atoms with E-state index >= 15 is 0 Å². The number of ether oxygens (including phenoxy) is 1. The topological polar surface area (TPSA) is 83.0 Å². The second kappa shape index (κ2) is 5.90. The number of carbonyl (C=O) groups is 1. The van der Waals surface area contributed by atoms with Gasteiger partial charge in [-0.05, 0) is 12.1 Å². The molecule has 21 heavy (non-hydrogen) atoms. The van der Waals surface area contributed by atoms with E-state index in [0.717, 1.165) is 6.07 Å². The first-order valence-electron chi connectivity index (χ1n) is 6.64. The van der Waals surface area contributed by atoms with Crippen LogP contribution >= 0.6 is 0 Å². The Balaban J connectivity index is 2.63. The third-order valence-electron chi connectivity index (χ3n) is 3.10. The molecule has 0 aliphatic rings. The maximum atomic E-state index is 14.2. The summed E-state index contributed by atoms with van der Waals surface area (Å²) in [5.41, 5.74) is 5.92. The molecule has 2 aromatic rings. The van der Waals surface area contributed by atoms with Crippen LogP contribution in [-0.4, -0.2) is 27.8 Å². The van der Waals surface area contributed by atoms with Gasteiger partial charge in [0.15, 0.2) is 11.6 Å². The van der Waals surface area contributed by atoms with Crippen molar-refractivity contribution in [3.8, 4) is 5.69 Å². The Labute approximate surface area is 121 Å². The zero-order valence-electron chi connectivity index (χ0n) is 12.2. The minimum Gasteiger partial charge on any atom is -0.465 e. The standard InChI is InChI=1S/C14H17FN4O2/c1-4-12-17-13(5-2)19(18-12)11-6-8(14(20)21-3)10(16)7-9(11)15/h6-7H,4-5,16H2,1-3H3. The van der Waals surface area contributed by atoms with Crippen molar-refractivity contribution < 1.29 is 13.9 Å². The van der Waals surface area contributed by atoms with Crippen LogP contribution in [0.1, 0.15) is 35.9 Å². The molecule has 0 bridgehead atoms. The van der Waals surface area contributed by atoms with Gasteiger partial charge in [0.1, 0.15) is 11.5 Å². The predicted octanol–water partition coefficient (Wildman–Crippen LogP) is 1.90. The van der Waals surface area contributed by atoms with Gasteiger partial charge in [0, 0.05) is 18.5 Å². The lowest BCUT2D eigenvalue weighted by atomic mass is 10.1. The number of esters is 1. The zero-order valence-corrected chi connectivity index (χ0v) is 12.2. The molecule has 0 fully saturated rings. The van der Waals surface area contributed by atoms with Crippen molar-refractivity contribution in [2.45, 2.75) is 26.7 Å². The summed E-state index contributed by atoms with van der Waals surface area (Å²) in [6.07, 6.45) is 1.23. The van der Waals surface area contributed by atoms with E-state index in [-0.39, 0.29) is 16.9 Å². The fourth-order valence-corrected chi connectivity index (χ4v) is 1.99. The molecule has 0 saturated heterocycles. The molecule has 6 nitrogen and oxygen atoms in total. The average molecular weight is 292 g/mol. The predicted molar refractivity (Wildman–Crippen MR) is 75.8 cm³/mol. The van der Waals surface area contributed by atoms with E-state index in [1.165, 1.54) is 17.9 Å². The molecule has 0 aliphatic heterocycles. The normalized spacial score (nSPS) is 10.7. The molecule has 0 spiro atoms. The van der Waals surface area contributed by atoms with E-state index in [0.29, 0.717) is 24.5 Å². The van der Waals surface area contributed by atoms with Crippen LogP contribution in [-0.2, 0) is 17.6 Å². The molecular formula is C14H17FN4O2. The maximum absolute atomic E-state index is 14.2.